The quantitative estimate of drug-likeness (QED) is 0.558. The van der Waals surface area contributed by atoms with Crippen LogP contribution in [0.25, 0.3) is 0 Å². The van der Waals surface area contributed by atoms with E-state index in [2.05, 4.69) is 16.0 Å². The van der Waals surface area contributed by atoms with Crippen LogP contribution in [0.1, 0.15) is 71.5 Å². The van der Waals surface area contributed by atoms with Gasteiger partial charge >= 0.3 is 0 Å². The van der Waals surface area contributed by atoms with Gasteiger partial charge in [0.05, 0.1) is 32.1 Å². The van der Waals surface area contributed by atoms with Gasteiger partial charge in [0.15, 0.2) is 0 Å². The molecule has 1 aliphatic rings. The number of hydrogen-bond donors (Lipinski definition) is 1. The molecule has 0 unspecified atom stereocenters. The summed E-state index contributed by atoms with van der Waals surface area (Å²) in [5.41, 5.74) is 1.07. The lowest BCUT2D eigenvalue weighted by Gasteiger charge is -2.32. The number of H-pyrrole nitrogens is 1. The summed E-state index contributed by atoms with van der Waals surface area (Å²) in [5, 5.41) is 3.34. The summed E-state index contributed by atoms with van der Waals surface area (Å²) < 4.78 is 13.2. The van der Waals surface area contributed by atoms with Crippen LogP contribution in [0, 0.1) is 17.8 Å². The molecular formula is C21H36N2O4. The van der Waals surface area contributed by atoms with Gasteiger partial charge in [-0.15, -0.1) is 0 Å². The maximum absolute atomic E-state index is 12.1. The van der Waals surface area contributed by atoms with E-state index in [-0.39, 0.29) is 23.5 Å². The van der Waals surface area contributed by atoms with Gasteiger partial charge in [0.25, 0.3) is 0 Å². The molecule has 0 aromatic carbocycles. The fraction of sp³-hybridized carbons (Fsp3) is 0.810. The average molecular weight is 381 g/mol. The van der Waals surface area contributed by atoms with Crippen LogP contribution in [0.4, 0.5) is 0 Å². The van der Waals surface area contributed by atoms with Crippen LogP contribution in [0.3, 0.4) is 0 Å². The molecule has 6 heteroatoms. The molecule has 1 fully saturated rings. The van der Waals surface area contributed by atoms with Crippen molar-refractivity contribution in [2.45, 2.75) is 72.4 Å². The molecule has 1 aliphatic carbocycles. The van der Waals surface area contributed by atoms with Crippen molar-refractivity contribution >= 4 is 11.6 Å². The van der Waals surface area contributed by atoms with Crippen LogP contribution in [0.5, 0.6) is 0 Å². The fourth-order valence-corrected chi connectivity index (χ4v) is 3.57. The van der Waals surface area contributed by atoms with Gasteiger partial charge in [-0.05, 0) is 25.7 Å². The molecule has 1 N–H and O–H groups in total. The Morgan fingerprint density at radius 2 is 1.67 bits per heavy atom. The van der Waals surface area contributed by atoms with Gasteiger partial charge in [0, 0.05) is 36.4 Å². The van der Waals surface area contributed by atoms with Gasteiger partial charge in [-0.2, -0.15) is 0 Å². The molecule has 0 amide bonds. The third kappa shape index (κ3) is 6.92. The van der Waals surface area contributed by atoms with E-state index in [1.54, 1.807) is 0 Å². The van der Waals surface area contributed by atoms with E-state index < -0.39 is 0 Å². The Hall–Kier alpha value is -1.40. The maximum Gasteiger partial charge on any atom is 0.138 e. The number of carbonyl (C=O) groups is 2. The summed E-state index contributed by atoms with van der Waals surface area (Å²) >= 11 is 0. The summed E-state index contributed by atoms with van der Waals surface area (Å²) in [5.74, 6) is 1.14. The van der Waals surface area contributed by atoms with Crippen LogP contribution < -0.4 is 0 Å². The minimum Gasteiger partial charge on any atom is -0.379 e. The Morgan fingerprint density at radius 3 is 2.26 bits per heavy atom. The first-order valence-corrected chi connectivity index (χ1v) is 10.4. The van der Waals surface area contributed by atoms with Gasteiger partial charge in [0.2, 0.25) is 0 Å². The molecule has 1 aromatic heterocycles. The van der Waals surface area contributed by atoms with Crippen molar-refractivity contribution in [2.75, 3.05) is 19.8 Å². The molecule has 0 saturated heterocycles. The molecule has 0 spiro atoms. The van der Waals surface area contributed by atoms with E-state index in [0.717, 1.165) is 31.4 Å². The molecule has 6 nitrogen and oxygen atoms in total. The SMILES string of the molecule is CC(C)C(=O)CCOCCOCc1cn(C2CCC(C(=O)C(C)C)CC2)[nH]1. The van der Waals surface area contributed by atoms with Crippen molar-refractivity contribution in [3.63, 3.8) is 0 Å². The third-order valence-corrected chi connectivity index (χ3v) is 5.40. The largest absolute Gasteiger partial charge is 0.379 e. The monoisotopic (exact) mass is 380 g/mol. The summed E-state index contributed by atoms with van der Waals surface area (Å²) in [4.78, 5) is 23.6. The zero-order valence-corrected chi connectivity index (χ0v) is 17.3. The molecular weight excluding hydrogens is 344 g/mol. The second-order valence-electron chi connectivity index (χ2n) is 8.27. The van der Waals surface area contributed by atoms with Crippen LogP contribution in [0.15, 0.2) is 6.20 Å². The van der Waals surface area contributed by atoms with Crippen molar-refractivity contribution in [2.24, 2.45) is 17.8 Å². The molecule has 1 saturated carbocycles. The number of rotatable bonds is 12. The number of carbonyl (C=O) groups excluding carboxylic acids is 2. The summed E-state index contributed by atoms with van der Waals surface area (Å²) in [6.45, 7) is 9.86. The lowest BCUT2D eigenvalue weighted by Crippen LogP contribution is -2.28. The zero-order valence-electron chi connectivity index (χ0n) is 17.3. The number of aromatic amines is 1. The second-order valence-corrected chi connectivity index (χ2v) is 8.27. The van der Waals surface area contributed by atoms with Crippen molar-refractivity contribution < 1.29 is 19.1 Å². The second kappa shape index (κ2) is 10.8. The summed E-state index contributed by atoms with van der Waals surface area (Å²) in [7, 11) is 0. The van der Waals surface area contributed by atoms with E-state index in [1.165, 1.54) is 0 Å². The maximum atomic E-state index is 12.1. The molecule has 27 heavy (non-hydrogen) atoms. The lowest BCUT2D eigenvalue weighted by molar-refractivity contribution is -0.127. The minimum absolute atomic E-state index is 0.0789. The smallest absolute Gasteiger partial charge is 0.138 e. The molecule has 1 aromatic rings. The van der Waals surface area contributed by atoms with E-state index in [0.29, 0.717) is 44.7 Å². The summed E-state index contributed by atoms with van der Waals surface area (Å²) in [6.07, 6.45) is 6.70. The Bertz CT molecular complexity index is 568. The first-order chi connectivity index (χ1) is 12.9. The normalized spacial score (nSPS) is 20.5. The van der Waals surface area contributed by atoms with Crippen molar-refractivity contribution in [1.82, 2.24) is 9.78 Å². The van der Waals surface area contributed by atoms with Crippen LogP contribution in [-0.2, 0) is 25.7 Å². The predicted octanol–water partition coefficient (Wildman–Crippen LogP) is 3.92. The highest BCUT2D eigenvalue weighted by atomic mass is 16.5. The first kappa shape index (κ1) is 21.9. The number of ether oxygens (including phenoxy) is 2. The van der Waals surface area contributed by atoms with Gasteiger partial charge in [-0.25, -0.2) is 0 Å². The molecule has 0 atom stereocenters. The number of ketones is 2. The standard InChI is InChI=1S/C21H36N2O4/c1-15(2)20(24)9-10-26-11-12-27-14-18-13-23(22-18)19-7-5-17(6-8-19)21(25)16(3)4/h13,15-17,19,22H,5-12,14H2,1-4H3. The van der Waals surface area contributed by atoms with E-state index in [1.807, 2.05) is 27.7 Å². The third-order valence-electron chi connectivity index (χ3n) is 5.40. The summed E-state index contributed by atoms with van der Waals surface area (Å²) in [6, 6.07) is 0.479. The minimum atomic E-state index is 0.0789. The van der Waals surface area contributed by atoms with Crippen molar-refractivity contribution in [3.8, 4) is 0 Å². The Labute approximate surface area is 163 Å². The van der Waals surface area contributed by atoms with Gasteiger partial charge in [-0.1, -0.05) is 27.7 Å². The fourth-order valence-electron chi connectivity index (χ4n) is 3.57. The van der Waals surface area contributed by atoms with Gasteiger partial charge in [-0.3, -0.25) is 19.4 Å². The van der Waals surface area contributed by atoms with Gasteiger partial charge < -0.3 is 9.47 Å². The number of Topliss-reactive ketones (excluding diaryl/α,β-unsaturated/α-hetero) is 2. The topological polar surface area (TPSA) is 73.3 Å². The molecule has 0 aliphatic heterocycles. The van der Waals surface area contributed by atoms with Crippen LogP contribution in [-0.4, -0.2) is 41.2 Å². The van der Waals surface area contributed by atoms with E-state index in [9.17, 15) is 9.59 Å². The molecule has 2 rings (SSSR count). The highest BCUT2D eigenvalue weighted by molar-refractivity contribution is 5.82. The predicted molar refractivity (Wildman–Crippen MR) is 105 cm³/mol. The molecule has 1 heterocycles. The first-order valence-electron chi connectivity index (χ1n) is 10.4. The van der Waals surface area contributed by atoms with E-state index >= 15 is 0 Å². The lowest BCUT2D eigenvalue weighted by atomic mass is 9.80. The Kier molecular flexibility index (Phi) is 8.77. The Morgan fingerprint density at radius 1 is 1.04 bits per heavy atom. The van der Waals surface area contributed by atoms with Gasteiger partial charge in [0.1, 0.15) is 11.6 Å². The van der Waals surface area contributed by atoms with E-state index in [4.69, 9.17) is 9.47 Å². The average Bonchev–Trinajstić information content (AvgIpc) is 2.61. The highest BCUT2D eigenvalue weighted by Gasteiger charge is 2.28. The van der Waals surface area contributed by atoms with Crippen molar-refractivity contribution in [1.29, 1.82) is 0 Å². The Balaban J connectivity index is 1.54. The number of hydrogen-bond acceptors (Lipinski definition) is 4. The van der Waals surface area contributed by atoms with Crippen LogP contribution >= 0.6 is 0 Å². The van der Waals surface area contributed by atoms with Crippen molar-refractivity contribution in [3.05, 3.63) is 11.9 Å². The molecule has 0 radical (unpaired) electrons. The number of nitrogens with zero attached hydrogens (tertiary/aromatic N) is 1. The molecule has 154 valence electrons. The highest BCUT2D eigenvalue weighted by Crippen LogP contribution is 2.34. The number of nitrogens with one attached hydrogen (secondary N) is 1. The molecule has 0 bridgehead atoms. The van der Waals surface area contributed by atoms with Crippen LogP contribution in [0.2, 0.25) is 0 Å². The number of aromatic nitrogens is 2. The zero-order chi connectivity index (χ0) is 19.8.